The summed E-state index contributed by atoms with van der Waals surface area (Å²) < 4.78 is 0. The lowest BCUT2D eigenvalue weighted by Gasteiger charge is -2.39. The van der Waals surface area contributed by atoms with Crippen molar-refractivity contribution in [1.82, 2.24) is 4.90 Å². The van der Waals surface area contributed by atoms with Gasteiger partial charge in [-0.15, -0.1) is 0 Å². The Morgan fingerprint density at radius 2 is 2.00 bits per heavy atom. The Morgan fingerprint density at radius 1 is 1.22 bits per heavy atom. The molecule has 2 nitrogen and oxygen atoms in total. The molecule has 1 saturated heterocycles. The molecular formula is C16H20N2. The standard InChI is InChI=1S/C16H20N2/c1-13-5-6-14-7-8-16(12-17,15(14)11-13)18-9-3-2-4-10-18/h5-6,11H,2-4,7-10H2,1H3. The number of piperidine rings is 1. The molecule has 0 radical (unpaired) electrons. The third kappa shape index (κ3) is 1.66. The molecule has 2 heteroatoms. The first kappa shape index (κ1) is 11.7. The van der Waals surface area contributed by atoms with E-state index in [-0.39, 0.29) is 5.54 Å². The van der Waals surface area contributed by atoms with E-state index >= 15 is 0 Å². The van der Waals surface area contributed by atoms with E-state index in [0.29, 0.717) is 0 Å². The Balaban J connectivity index is 2.04. The van der Waals surface area contributed by atoms with Crippen LogP contribution in [0.15, 0.2) is 18.2 Å². The fourth-order valence-corrected chi connectivity index (χ4v) is 3.53. The molecule has 0 saturated carbocycles. The van der Waals surface area contributed by atoms with Crippen LogP contribution in [-0.2, 0) is 12.0 Å². The molecule has 0 N–H and O–H groups in total. The van der Waals surface area contributed by atoms with Crippen LogP contribution in [0.1, 0.15) is 42.4 Å². The highest BCUT2D eigenvalue weighted by molar-refractivity contribution is 5.45. The van der Waals surface area contributed by atoms with Gasteiger partial charge in [0.25, 0.3) is 0 Å². The lowest BCUT2D eigenvalue weighted by atomic mass is 9.88. The summed E-state index contributed by atoms with van der Waals surface area (Å²) in [6, 6.07) is 9.28. The van der Waals surface area contributed by atoms with Crippen molar-refractivity contribution in [3.8, 4) is 6.07 Å². The zero-order valence-electron chi connectivity index (χ0n) is 11.1. The Bertz CT molecular complexity index is 494. The highest BCUT2D eigenvalue weighted by Crippen LogP contribution is 2.42. The minimum atomic E-state index is -0.332. The van der Waals surface area contributed by atoms with Gasteiger partial charge in [-0.25, -0.2) is 0 Å². The highest BCUT2D eigenvalue weighted by Gasteiger charge is 2.44. The number of aryl methyl sites for hydroxylation is 2. The van der Waals surface area contributed by atoms with Crippen LogP contribution >= 0.6 is 0 Å². The average Bonchev–Trinajstić information content (AvgIpc) is 2.79. The van der Waals surface area contributed by atoms with Gasteiger partial charge in [-0.05, 0) is 56.8 Å². The van der Waals surface area contributed by atoms with E-state index in [1.54, 1.807) is 0 Å². The molecule has 18 heavy (non-hydrogen) atoms. The maximum absolute atomic E-state index is 9.81. The molecule has 0 spiro atoms. The van der Waals surface area contributed by atoms with Crippen LogP contribution in [0, 0.1) is 18.3 Å². The predicted octanol–water partition coefficient (Wildman–Crippen LogP) is 3.15. The summed E-state index contributed by atoms with van der Waals surface area (Å²) in [4.78, 5) is 2.43. The molecular weight excluding hydrogens is 220 g/mol. The zero-order chi connectivity index (χ0) is 12.6. The molecule has 1 unspecified atom stereocenters. The summed E-state index contributed by atoms with van der Waals surface area (Å²) in [7, 11) is 0. The number of fused-ring (bicyclic) bond motifs is 1. The van der Waals surface area contributed by atoms with Crippen molar-refractivity contribution in [2.75, 3.05) is 13.1 Å². The molecule has 1 atom stereocenters. The second kappa shape index (κ2) is 4.40. The largest absolute Gasteiger partial charge is 0.282 e. The molecule has 1 aromatic carbocycles. The van der Waals surface area contributed by atoms with Gasteiger partial charge in [-0.1, -0.05) is 30.2 Å². The fraction of sp³-hybridized carbons (Fsp3) is 0.562. The second-order valence-electron chi connectivity index (χ2n) is 5.68. The van der Waals surface area contributed by atoms with E-state index < -0.39 is 0 Å². The van der Waals surface area contributed by atoms with Gasteiger partial charge in [0.1, 0.15) is 5.54 Å². The molecule has 1 aliphatic heterocycles. The van der Waals surface area contributed by atoms with Crippen LogP contribution < -0.4 is 0 Å². The summed E-state index contributed by atoms with van der Waals surface area (Å²) in [5, 5.41) is 9.81. The van der Waals surface area contributed by atoms with E-state index in [1.807, 2.05) is 0 Å². The second-order valence-corrected chi connectivity index (χ2v) is 5.68. The quantitative estimate of drug-likeness (QED) is 0.754. The van der Waals surface area contributed by atoms with Crippen molar-refractivity contribution in [2.24, 2.45) is 0 Å². The third-order valence-corrected chi connectivity index (χ3v) is 4.55. The molecule has 94 valence electrons. The number of likely N-dealkylation sites (tertiary alicyclic amines) is 1. The maximum atomic E-state index is 9.81. The van der Waals surface area contributed by atoms with Gasteiger partial charge in [0.2, 0.25) is 0 Å². The lowest BCUT2D eigenvalue weighted by Crippen LogP contribution is -2.46. The molecule has 0 bridgehead atoms. The molecule has 2 aliphatic rings. The fourth-order valence-electron chi connectivity index (χ4n) is 3.53. The van der Waals surface area contributed by atoms with Crippen molar-refractivity contribution >= 4 is 0 Å². The van der Waals surface area contributed by atoms with E-state index in [1.165, 1.54) is 36.0 Å². The van der Waals surface area contributed by atoms with Crippen molar-refractivity contribution < 1.29 is 0 Å². The highest BCUT2D eigenvalue weighted by atomic mass is 15.2. The van der Waals surface area contributed by atoms with E-state index in [0.717, 1.165) is 25.9 Å². The van der Waals surface area contributed by atoms with Crippen molar-refractivity contribution in [3.63, 3.8) is 0 Å². The zero-order valence-corrected chi connectivity index (χ0v) is 11.1. The van der Waals surface area contributed by atoms with E-state index in [9.17, 15) is 5.26 Å². The summed E-state index contributed by atoms with van der Waals surface area (Å²) >= 11 is 0. The van der Waals surface area contributed by atoms with Gasteiger partial charge in [0, 0.05) is 0 Å². The first-order valence-electron chi connectivity index (χ1n) is 7.02. The van der Waals surface area contributed by atoms with Gasteiger partial charge >= 0.3 is 0 Å². The number of benzene rings is 1. The smallest absolute Gasteiger partial charge is 0.135 e. The van der Waals surface area contributed by atoms with Crippen molar-refractivity contribution in [3.05, 3.63) is 34.9 Å². The summed E-state index contributed by atoms with van der Waals surface area (Å²) in [5.74, 6) is 0. The predicted molar refractivity (Wildman–Crippen MR) is 72.2 cm³/mol. The van der Waals surface area contributed by atoms with Gasteiger partial charge in [-0.3, -0.25) is 4.90 Å². The Kier molecular flexibility index (Phi) is 2.87. The molecule has 1 aromatic rings. The average molecular weight is 240 g/mol. The minimum absolute atomic E-state index is 0.332. The van der Waals surface area contributed by atoms with Crippen molar-refractivity contribution in [1.29, 1.82) is 5.26 Å². The normalized spacial score (nSPS) is 27.8. The number of nitrogens with zero attached hydrogens (tertiary/aromatic N) is 2. The monoisotopic (exact) mass is 240 g/mol. The first-order chi connectivity index (χ1) is 8.76. The van der Waals surface area contributed by atoms with Gasteiger partial charge in [-0.2, -0.15) is 5.26 Å². The summed E-state index contributed by atoms with van der Waals surface area (Å²) in [6.45, 7) is 4.29. The van der Waals surface area contributed by atoms with E-state index in [2.05, 4.69) is 36.1 Å². The SMILES string of the molecule is Cc1ccc2c(c1)C(C#N)(N1CCCCC1)CC2. The number of rotatable bonds is 1. The molecule has 0 amide bonds. The molecule has 0 aromatic heterocycles. The van der Waals surface area contributed by atoms with E-state index in [4.69, 9.17) is 0 Å². The molecule has 1 fully saturated rings. The van der Waals surface area contributed by atoms with Crippen LogP contribution in [0.4, 0.5) is 0 Å². The minimum Gasteiger partial charge on any atom is -0.282 e. The van der Waals surface area contributed by atoms with Crippen LogP contribution in [0.2, 0.25) is 0 Å². The topological polar surface area (TPSA) is 27.0 Å². The lowest BCUT2D eigenvalue weighted by molar-refractivity contribution is 0.110. The van der Waals surface area contributed by atoms with Crippen LogP contribution in [0.25, 0.3) is 0 Å². The Labute approximate surface area is 109 Å². The Hall–Kier alpha value is -1.33. The number of hydrogen-bond donors (Lipinski definition) is 0. The summed E-state index contributed by atoms with van der Waals surface area (Å²) in [6.07, 6.45) is 5.83. The van der Waals surface area contributed by atoms with Crippen molar-refractivity contribution in [2.45, 2.75) is 44.6 Å². The maximum Gasteiger partial charge on any atom is 0.135 e. The van der Waals surface area contributed by atoms with Crippen LogP contribution in [0.3, 0.4) is 0 Å². The first-order valence-corrected chi connectivity index (χ1v) is 7.02. The number of nitriles is 1. The van der Waals surface area contributed by atoms with Crippen LogP contribution in [0.5, 0.6) is 0 Å². The molecule has 1 heterocycles. The molecule has 1 aliphatic carbocycles. The molecule has 3 rings (SSSR count). The van der Waals surface area contributed by atoms with Gasteiger partial charge in [0.15, 0.2) is 0 Å². The third-order valence-electron chi connectivity index (χ3n) is 4.55. The number of hydrogen-bond acceptors (Lipinski definition) is 2. The van der Waals surface area contributed by atoms with Crippen LogP contribution in [-0.4, -0.2) is 18.0 Å². The summed E-state index contributed by atoms with van der Waals surface area (Å²) in [5.41, 5.74) is 3.61. The van der Waals surface area contributed by atoms with Gasteiger partial charge < -0.3 is 0 Å². The Morgan fingerprint density at radius 3 is 2.72 bits per heavy atom. The van der Waals surface area contributed by atoms with Gasteiger partial charge in [0.05, 0.1) is 6.07 Å².